The molecule has 2 nitrogen and oxygen atoms in total. The molecule has 1 aliphatic carbocycles. The summed E-state index contributed by atoms with van der Waals surface area (Å²) in [4.78, 5) is 0. The van der Waals surface area contributed by atoms with Crippen molar-refractivity contribution in [3.8, 4) is 0 Å². The topological polar surface area (TPSA) is 40.5 Å². The van der Waals surface area contributed by atoms with Crippen LogP contribution in [0.15, 0.2) is 30.3 Å². The normalized spacial score (nSPS) is 31.1. The van der Waals surface area contributed by atoms with Crippen LogP contribution in [0.3, 0.4) is 0 Å². The van der Waals surface area contributed by atoms with E-state index >= 15 is 0 Å². The first-order valence-electron chi connectivity index (χ1n) is 5.17. The van der Waals surface area contributed by atoms with Crippen molar-refractivity contribution in [2.75, 3.05) is 6.61 Å². The molecule has 0 amide bonds. The first-order chi connectivity index (χ1) is 6.83. The molecule has 0 heterocycles. The Balaban J connectivity index is 2.09. The minimum atomic E-state index is -0.214. The molecule has 1 saturated carbocycles. The van der Waals surface area contributed by atoms with Gasteiger partial charge < -0.3 is 10.2 Å². The van der Waals surface area contributed by atoms with E-state index in [0.29, 0.717) is 5.92 Å². The Morgan fingerprint density at radius 3 is 2.50 bits per heavy atom. The van der Waals surface area contributed by atoms with Crippen LogP contribution in [0.1, 0.15) is 24.3 Å². The summed E-state index contributed by atoms with van der Waals surface area (Å²) in [6.07, 6.45) is 1.42. The summed E-state index contributed by atoms with van der Waals surface area (Å²) in [7, 11) is 0. The zero-order valence-corrected chi connectivity index (χ0v) is 8.13. The molecule has 0 saturated heterocycles. The van der Waals surface area contributed by atoms with Gasteiger partial charge in [-0.3, -0.25) is 0 Å². The van der Waals surface area contributed by atoms with Crippen molar-refractivity contribution in [1.29, 1.82) is 0 Å². The fourth-order valence-corrected chi connectivity index (χ4v) is 2.35. The van der Waals surface area contributed by atoms with Crippen molar-refractivity contribution in [2.24, 2.45) is 5.92 Å². The fraction of sp³-hybridized carbons (Fsp3) is 0.500. The number of hydrogen-bond acceptors (Lipinski definition) is 2. The molecular weight excluding hydrogens is 176 g/mol. The first kappa shape index (κ1) is 9.69. The van der Waals surface area contributed by atoms with Gasteiger partial charge >= 0.3 is 0 Å². The van der Waals surface area contributed by atoms with Gasteiger partial charge in [-0.2, -0.15) is 0 Å². The third kappa shape index (κ3) is 1.68. The number of aliphatic hydroxyl groups excluding tert-OH is 2. The lowest BCUT2D eigenvalue weighted by Crippen LogP contribution is -2.39. The minimum absolute atomic E-state index is 0.214. The molecule has 1 aliphatic rings. The molecule has 1 fully saturated rings. The average Bonchev–Trinajstić information content (AvgIpc) is 2.19. The summed E-state index contributed by atoms with van der Waals surface area (Å²) < 4.78 is 0. The molecule has 0 bridgehead atoms. The number of benzene rings is 1. The average molecular weight is 192 g/mol. The van der Waals surface area contributed by atoms with Gasteiger partial charge in [-0.25, -0.2) is 0 Å². The van der Waals surface area contributed by atoms with E-state index in [9.17, 15) is 5.11 Å². The van der Waals surface area contributed by atoms with Gasteiger partial charge in [0.15, 0.2) is 0 Å². The van der Waals surface area contributed by atoms with Crippen LogP contribution in [0.2, 0.25) is 0 Å². The predicted octanol–water partition coefficient (Wildman–Crippen LogP) is 1.53. The van der Waals surface area contributed by atoms with E-state index in [-0.39, 0.29) is 18.6 Å². The predicted molar refractivity (Wildman–Crippen MR) is 55.0 cm³/mol. The Hall–Kier alpha value is -0.860. The number of aliphatic hydroxyl groups is 2. The zero-order valence-electron chi connectivity index (χ0n) is 8.13. The fourth-order valence-electron chi connectivity index (χ4n) is 2.35. The standard InChI is InChI=1S/C12H16O2/c13-7-6-10-8-11(14)12(10)9-4-2-1-3-5-9/h1-5,10-14H,6-8H2/t10?,11?,12-/m1/s1. The maximum absolute atomic E-state index is 9.68. The Labute approximate surface area is 84.2 Å². The van der Waals surface area contributed by atoms with Gasteiger partial charge in [-0.15, -0.1) is 0 Å². The van der Waals surface area contributed by atoms with E-state index in [0.717, 1.165) is 12.8 Å². The van der Waals surface area contributed by atoms with Gasteiger partial charge in [0, 0.05) is 12.5 Å². The Morgan fingerprint density at radius 1 is 1.21 bits per heavy atom. The summed E-state index contributed by atoms with van der Waals surface area (Å²) in [6.45, 7) is 0.223. The molecule has 0 aromatic heterocycles. The van der Waals surface area contributed by atoms with Crippen molar-refractivity contribution < 1.29 is 10.2 Å². The zero-order chi connectivity index (χ0) is 9.97. The molecule has 2 unspecified atom stereocenters. The van der Waals surface area contributed by atoms with Gasteiger partial charge in [0.1, 0.15) is 0 Å². The second-order valence-corrected chi connectivity index (χ2v) is 4.01. The highest BCUT2D eigenvalue weighted by Crippen LogP contribution is 2.44. The van der Waals surface area contributed by atoms with Gasteiger partial charge in [-0.1, -0.05) is 30.3 Å². The highest BCUT2D eigenvalue weighted by atomic mass is 16.3. The van der Waals surface area contributed by atoms with Crippen LogP contribution in [0.4, 0.5) is 0 Å². The third-order valence-corrected chi connectivity index (χ3v) is 3.15. The molecule has 2 rings (SSSR count). The van der Waals surface area contributed by atoms with Crippen LogP contribution in [-0.2, 0) is 0 Å². The molecule has 3 atom stereocenters. The smallest absolute Gasteiger partial charge is 0.0614 e. The van der Waals surface area contributed by atoms with Gasteiger partial charge in [0.05, 0.1) is 6.10 Å². The van der Waals surface area contributed by atoms with Crippen molar-refractivity contribution in [3.63, 3.8) is 0 Å². The molecule has 0 spiro atoms. The highest BCUT2D eigenvalue weighted by Gasteiger charge is 2.39. The molecular formula is C12H16O2. The maximum atomic E-state index is 9.68. The Kier molecular flexibility index (Phi) is 2.85. The molecule has 0 aliphatic heterocycles. The molecule has 76 valence electrons. The number of hydrogen-bond donors (Lipinski definition) is 2. The van der Waals surface area contributed by atoms with E-state index in [4.69, 9.17) is 5.11 Å². The monoisotopic (exact) mass is 192 g/mol. The lowest BCUT2D eigenvalue weighted by molar-refractivity contribution is 0.00120. The SMILES string of the molecule is OCCC1CC(O)[C@@H]1c1ccccc1. The van der Waals surface area contributed by atoms with E-state index in [1.807, 2.05) is 18.2 Å². The third-order valence-electron chi connectivity index (χ3n) is 3.15. The van der Waals surface area contributed by atoms with E-state index in [1.54, 1.807) is 0 Å². The lowest BCUT2D eigenvalue weighted by Gasteiger charge is -2.42. The van der Waals surface area contributed by atoms with Crippen LogP contribution in [0, 0.1) is 5.92 Å². The van der Waals surface area contributed by atoms with Crippen LogP contribution in [0.5, 0.6) is 0 Å². The quantitative estimate of drug-likeness (QED) is 0.762. The van der Waals surface area contributed by atoms with Gasteiger partial charge in [0.2, 0.25) is 0 Å². The molecule has 1 aromatic carbocycles. The molecule has 14 heavy (non-hydrogen) atoms. The van der Waals surface area contributed by atoms with Crippen LogP contribution < -0.4 is 0 Å². The molecule has 2 heteroatoms. The van der Waals surface area contributed by atoms with E-state index in [2.05, 4.69) is 12.1 Å². The second kappa shape index (κ2) is 4.11. The summed E-state index contributed by atoms with van der Waals surface area (Å²) in [5.74, 6) is 0.695. The Bertz CT molecular complexity index is 282. The lowest BCUT2D eigenvalue weighted by atomic mass is 9.66. The van der Waals surface area contributed by atoms with Crippen molar-refractivity contribution in [1.82, 2.24) is 0 Å². The number of rotatable bonds is 3. The molecule has 1 aromatic rings. The van der Waals surface area contributed by atoms with Gasteiger partial charge in [0.25, 0.3) is 0 Å². The van der Waals surface area contributed by atoms with Crippen molar-refractivity contribution in [3.05, 3.63) is 35.9 Å². The Morgan fingerprint density at radius 2 is 1.93 bits per heavy atom. The van der Waals surface area contributed by atoms with Crippen LogP contribution in [0.25, 0.3) is 0 Å². The van der Waals surface area contributed by atoms with Crippen LogP contribution in [-0.4, -0.2) is 22.9 Å². The van der Waals surface area contributed by atoms with Gasteiger partial charge in [-0.05, 0) is 24.3 Å². The minimum Gasteiger partial charge on any atom is -0.396 e. The summed E-state index contributed by atoms with van der Waals surface area (Å²) >= 11 is 0. The van der Waals surface area contributed by atoms with Crippen molar-refractivity contribution >= 4 is 0 Å². The second-order valence-electron chi connectivity index (χ2n) is 4.01. The highest BCUT2D eigenvalue weighted by molar-refractivity contribution is 5.24. The largest absolute Gasteiger partial charge is 0.396 e. The maximum Gasteiger partial charge on any atom is 0.0614 e. The van der Waals surface area contributed by atoms with Crippen LogP contribution >= 0.6 is 0 Å². The summed E-state index contributed by atoms with van der Waals surface area (Å²) in [5.41, 5.74) is 1.20. The first-order valence-corrected chi connectivity index (χ1v) is 5.17. The van der Waals surface area contributed by atoms with E-state index in [1.165, 1.54) is 5.56 Å². The van der Waals surface area contributed by atoms with E-state index < -0.39 is 0 Å². The molecule has 0 radical (unpaired) electrons. The summed E-state index contributed by atoms with van der Waals surface area (Å²) in [6, 6.07) is 10.1. The molecule has 2 N–H and O–H groups in total. The van der Waals surface area contributed by atoms with Crippen molar-refractivity contribution in [2.45, 2.75) is 24.9 Å². The summed E-state index contributed by atoms with van der Waals surface area (Å²) in [5, 5.41) is 18.5.